The molecular weight excluding hydrogens is 296 g/mol. The number of carbonyl (C=O) groups excluding carboxylic acids is 2. The van der Waals surface area contributed by atoms with Crippen molar-refractivity contribution in [3.8, 4) is 5.75 Å². The minimum atomic E-state index is -0.316. The van der Waals surface area contributed by atoms with E-state index in [2.05, 4.69) is 20.8 Å². The van der Waals surface area contributed by atoms with Crippen LogP contribution in [0.2, 0.25) is 0 Å². The molecule has 7 heteroatoms. The number of rotatable bonds is 5. The molecule has 120 valence electrons. The first-order valence-corrected chi connectivity index (χ1v) is 7.39. The fourth-order valence-electron chi connectivity index (χ4n) is 2.31. The zero-order valence-electron chi connectivity index (χ0n) is 13.0. The predicted octanol–water partition coefficient (Wildman–Crippen LogP) is 1.87. The third-order valence-corrected chi connectivity index (χ3v) is 3.78. The molecule has 3 N–H and O–H groups in total. The average Bonchev–Trinajstić information content (AvgIpc) is 3.23. The predicted molar refractivity (Wildman–Crippen MR) is 84.8 cm³/mol. The number of hydrogen-bond donors (Lipinski definition) is 3. The number of carbonyl (C=O) groups is 2. The van der Waals surface area contributed by atoms with Gasteiger partial charge >= 0.3 is 0 Å². The molecule has 1 aliphatic rings. The molecule has 7 nitrogen and oxygen atoms in total. The topological polar surface area (TPSA) is 96.1 Å². The van der Waals surface area contributed by atoms with Crippen LogP contribution in [0.15, 0.2) is 24.4 Å². The lowest BCUT2D eigenvalue weighted by molar-refractivity contribution is 0.0947. The number of aromatic nitrogens is 2. The zero-order chi connectivity index (χ0) is 16.4. The largest absolute Gasteiger partial charge is 0.496 e. The average molecular weight is 314 g/mol. The molecule has 0 saturated heterocycles. The Morgan fingerprint density at radius 3 is 2.78 bits per heavy atom. The number of nitrogens with one attached hydrogen (secondary N) is 3. The lowest BCUT2D eigenvalue weighted by Crippen LogP contribution is -2.27. The van der Waals surface area contributed by atoms with Crippen LogP contribution < -0.4 is 15.4 Å². The molecule has 0 aliphatic heterocycles. The van der Waals surface area contributed by atoms with E-state index in [0.717, 1.165) is 18.4 Å². The maximum absolute atomic E-state index is 12.5. The second-order valence-corrected chi connectivity index (χ2v) is 5.49. The molecule has 0 radical (unpaired) electrons. The van der Waals surface area contributed by atoms with Crippen LogP contribution in [-0.4, -0.2) is 35.2 Å². The number of anilines is 1. The minimum absolute atomic E-state index is 0.231. The van der Waals surface area contributed by atoms with Gasteiger partial charge in [0.25, 0.3) is 11.8 Å². The molecule has 0 unspecified atom stereocenters. The molecule has 1 aromatic carbocycles. The number of H-pyrrole nitrogens is 1. The van der Waals surface area contributed by atoms with E-state index in [1.165, 1.54) is 6.20 Å². The maximum Gasteiger partial charge on any atom is 0.271 e. The van der Waals surface area contributed by atoms with Gasteiger partial charge in [-0.15, -0.1) is 0 Å². The van der Waals surface area contributed by atoms with Crippen molar-refractivity contribution in [2.45, 2.75) is 25.8 Å². The van der Waals surface area contributed by atoms with E-state index < -0.39 is 0 Å². The van der Waals surface area contributed by atoms with E-state index in [1.54, 1.807) is 25.3 Å². The first-order valence-electron chi connectivity index (χ1n) is 7.39. The summed E-state index contributed by atoms with van der Waals surface area (Å²) in [4.78, 5) is 24.6. The lowest BCUT2D eigenvalue weighted by Gasteiger charge is -2.10. The van der Waals surface area contributed by atoms with E-state index in [-0.39, 0.29) is 23.6 Å². The highest BCUT2D eigenvalue weighted by Crippen LogP contribution is 2.23. The van der Waals surface area contributed by atoms with Gasteiger partial charge in [-0.1, -0.05) is 6.07 Å². The van der Waals surface area contributed by atoms with E-state index in [0.29, 0.717) is 17.0 Å². The van der Waals surface area contributed by atoms with Gasteiger partial charge in [-0.3, -0.25) is 14.7 Å². The van der Waals surface area contributed by atoms with Gasteiger partial charge in [-0.2, -0.15) is 5.10 Å². The van der Waals surface area contributed by atoms with Crippen molar-refractivity contribution in [3.05, 3.63) is 41.2 Å². The molecule has 1 heterocycles. The number of benzene rings is 1. The fourth-order valence-corrected chi connectivity index (χ4v) is 2.31. The van der Waals surface area contributed by atoms with Crippen LogP contribution in [0.4, 0.5) is 5.69 Å². The number of amides is 2. The van der Waals surface area contributed by atoms with Crippen LogP contribution >= 0.6 is 0 Å². The highest BCUT2D eigenvalue weighted by molar-refractivity contribution is 6.09. The number of aromatic amines is 1. The normalized spacial score (nSPS) is 13.5. The summed E-state index contributed by atoms with van der Waals surface area (Å²) in [5, 5.41) is 12.1. The Hall–Kier alpha value is -2.83. The fraction of sp³-hybridized carbons (Fsp3) is 0.312. The van der Waals surface area contributed by atoms with E-state index in [9.17, 15) is 9.59 Å². The van der Waals surface area contributed by atoms with Crippen molar-refractivity contribution >= 4 is 17.5 Å². The minimum Gasteiger partial charge on any atom is -0.496 e. The van der Waals surface area contributed by atoms with Crippen molar-refractivity contribution < 1.29 is 14.3 Å². The summed E-state index contributed by atoms with van der Waals surface area (Å²) in [6.07, 6.45) is 3.41. The highest BCUT2D eigenvalue weighted by Gasteiger charge is 2.26. The van der Waals surface area contributed by atoms with Crippen molar-refractivity contribution in [1.82, 2.24) is 15.5 Å². The third kappa shape index (κ3) is 3.18. The van der Waals surface area contributed by atoms with E-state index in [4.69, 9.17) is 4.74 Å². The standard InChI is InChI=1S/C16H18N4O3/c1-9-11(4-3-5-13(9)23-2)15(21)19-12-8-17-20-14(12)16(22)18-10-6-7-10/h3-5,8,10H,6-7H2,1-2H3,(H,17,20)(H,18,22)(H,19,21). The van der Waals surface area contributed by atoms with Crippen LogP contribution in [0, 0.1) is 6.92 Å². The van der Waals surface area contributed by atoms with Crippen molar-refractivity contribution in [2.75, 3.05) is 12.4 Å². The lowest BCUT2D eigenvalue weighted by atomic mass is 10.1. The Balaban J connectivity index is 1.78. The molecule has 23 heavy (non-hydrogen) atoms. The van der Waals surface area contributed by atoms with Gasteiger partial charge in [0.2, 0.25) is 0 Å². The number of nitrogens with zero attached hydrogens (tertiary/aromatic N) is 1. The smallest absolute Gasteiger partial charge is 0.271 e. The van der Waals surface area contributed by atoms with Gasteiger partial charge in [0.15, 0.2) is 0 Å². The first kappa shape index (κ1) is 15.1. The molecule has 0 atom stereocenters. The number of ether oxygens (including phenoxy) is 1. The summed E-state index contributed by atoms with van der Waals surface area (Å²) < 4.78 is 5.22. The number of hydrogen-bond acceptors (Lipinski definition) is 4. The molecule has 1 aliphatic carbocycles. The molecule has 0 bridgehead atoms. The summed E-state index contributed by atoms with van der Waals surface area (Å²) >= 11 is 0. The van der Waals surface area contributed by atoms with Gasteiger partial charge in [-0.05, 0) is 31.9 Å². The summed E-state index contributed by atoms with van der Waals surface area (Å²) in [5.74, 6) is 0.0579. The quantitative estimate of drug-likeness (QED) is 0.785. The summed E-state index contributed by atoms with van der Waals surface area (Å²) in [7, 11) is 1.56. The molecular formula is C16H18N4O3. The van der Waals surface area contributed by atoms with Crippen molar-refractivity contribution in [3.63, 3.8) is 0 Å². The second-order valence-electron chi connectivity index (χ2n) is 5.49. The molecule has 0 spiro atoms. The first-order chi connectivity index (χ1) is 11.1. The summed E-state index contributed by atoms with van der Waals surface area (Å²) in [5.41, 5.74) is 1.83. The van der Waals surface area contributed by atoms with Crippen LogP contribution in [0.1, 0.15) is 39.3 Å². The molecule has 1 fully saturated rings. The Morgan fingerprint density at radius 1 is 1.30 bits per heavy atom. The van der Waals surface area contributed by atoms with Crippen molar-refractivity contribution in [2.24, 2.45) is 0 Å². The number of methoxy groups -OCH3 is 1. The molecule has 1 saturated carbocycles. The van der Waals surface area contributed by atoms with Crippen molar-refractivity contribution in [1.29, 1.82) is 0 Å². The van der Waals surface area contributed by atoms with Crippen LogP contribution in [-0.2, 0) is 0 Å². The monoisotopic (exact) mass is 314 g/mol. The van der Waals surface area contributed by atoms with E-state index >= 15 is 0 Å². The summed E-state index contributed by atoms with van der Waals surface area (Å²) in [6.45, 7) is 1.81. The molecule has 2 aromatic rings. The second kappa shape index (κ2) is 6.12. The molecule has 1 aromatic heterocycles. The van der Waals surface area contributed by atoms with E-state index in [1.807, 2.05) is 6.92 Å². The Labute approximate surface area is 133 Å². The van der Waals surface area contributed by atoms with Crippen LogP contribution in [0.25, 0.3) is 0 Å². The van der Waals surface area contributed by atoms with Gasteiger partial charge in [0.1, 0.15) is 11.4 Å². The van der Waals surface area contributed by atoms with Gasteiger partial charge in [0, 0.05) is 17.2 Å². The highest BCUT2D eigenvalue weighted by atomic mass is 16.5. The SMILES string of the molecule is COc1cccc(C(=O)Nc2cn[nH]c2C(=O)NC2CC2)c1C. The third-order valence-electron chi connectivity index (χ3n) is 3.78. The molecule has 3 rings (SSSR count). The summed E-state index contributed by atoms with van der Waals surface area (Å²) in [6, 6.07) is 5.47. The van der Waals surface area contributed by atoms with Crippen LogP contribution in [0.5, 0.6) is 5.75 Å². The molecule has 2 amide bonds. The maximum atomic E-state index is 12.5. The van der Waals surface area contributed by atoms with Gasteiger partial charge < -0.3 is 15.4 Å². The zero-order valence-corrected chi connectivity index (χ0v) is 13.0. The Kier molecular flexibility index (Phi) is 4.01. The van der Waals surface area contributed by atoms with Gasteiger partial charge in [0.05, 0.1) is 19.0 Å². The van der Waals surface area contributed by atoms with Gasteiger partial charge in [-0.25, -0.2) is 0 Å². The Morgan fingerprint density at radius 2 is 2.09 bits per heavy atom. The van der Waals surface area contributed by atoms with Crippen LogP contribution in [0.3, 0.4) is 0 Å². The Bertz CT molecular complexity index is 750.